The predicted octanol–water partition coefficient (Wildman–Crippen LogP) is 4.21. The maximum absolute atomic E-state index is 12.4. The number of allylic oxidation sites excluding steroid dienone is 2. The number of esters is 1. The van der Waals surface area contributed by atoms with Crippen LogP contribution in [-0.2, 0) is 14.3 Å². The van der Waals surface area contributed by atoms with Crippen molar-refractivity contribution >= 4 is 35.0 Å². The first kappa shape index (κ1) is 16.8. The van der Waals surface area contributed by atoms with Crippen LogP contribution in [0.15, 0.2) is 12.2 Å². The molecule has 0 bridgehead atoms. The van der Waals surface area contributed by atoms with Gasteiger partial charge in [-0.15, -0.1) is 23.2 Å². The van der Waals surface area contributed by atoms with Crippen molar-refractivity contribution < 1.29 is 14.3 Å². The fourth-order valence-electron chi connectivity index (χ4n) is 3.15. The molecule has 1 aliphatic heterocycles. The number of rotatable bonds is 0. The van der Waals surface area contributed by atoms with E-state index in [4.69, 9.17) is 27.9 Å². The second kappa shape index (κ2) is 7.15. The van der Waals surface area contributed by atoms with E-state index in [0.29, 0.717) is 12.8 Å². The van der Waals surface area contributed by atoms with Crippen LogP contribution in [0, 0.1) is 11.8 Å². The molecule has 2 aliphatic rings. The average molecular weight is 333 g/mol. The highest BCUT2D eigenvalue weighted by molar-refractivity contribution is 6.48. The highest BCUT2D eigenvalue weighted by Crippen LogP contribution is 2.48. The van der Waals surface area contributed by atoms with Gasteiger partial charge in [-0.1, -0.05) is 12.2 Å². The van der Waals surface area contributed by atoms with E-state index in [9.17, 15) is 9.59 Å². The predicted molar refractivity (Wildman–Crippen MR) is 83.4 cm³/mol. The molecule has 0 spiro atoms. The van der Waals surface area contributed by atoms with Crippen molar-refractivity contribution in [3.63, 3.8) is 0 Å². The zero-order chi connectivity index (χ0) is 15.5. The lowest BCUT2D eigenvalue weighted by Crippen LogP contribution is -2.20. The summed E-state index contributed by atoms with van der Waals surface area (Å²) in [6.07, 6.45) is 8.25. The molecule has 0 aromatic heterocycles. The molecule has 1 saturated carbocycles. The van der Waals surface area contributed by atoms with E-state index in [0.717, 1.165) is 19.3 Å². The molecular formula is C16H22Cl2O3. The average Bonchev–Trinajstić information content (AvgIpc) is 2.70. The molecule has 0 saturated heterocycles. The lowest BCUT2D eigenvalue weighted by atomic mass is 9.89. The van der Waals surface area contributed by atoms with E-state index in [2.05, 4.69) is 12.2 Å². The molecule has 3 atom stereocenters. The van der Waals surface area contributed by atoms with Crippen molar-refractivity contribution in [2.75, 3.05) is 0 Å². The van der Waals surface area contributed by atoms with Crippen LogP contribution in [0.1, 0.15) is 51.9 Å². The van der Waals surface area contributed by atoms with Crippen LogP contribution in [0.3, 0.4) is 0 Å². The van der Waals surface area contributed by atoms with Gasteiger partial charge in [-0.05, 0) is 44.9 Å². The van der Waals surface area contributed by atoms with Crippen molar-refractivity contribution in [2.24, 2.45) is 11.8 Å². The van der Waals surface area contributed by atoms with Crippen molar-refractivity contribution in [3.05, 3.63) is 12.2 Å². The van der Waals surface area contributed by atoms with Crippen LogP contribution in [0.25, 0.3) is 0 Å². The minimum absolute atomic E-state index is 0.0664. The number of ether oxygens (including phenoxy) is 1. The summed E-state index contributed by atoms with van der Waals surface area (Å²) in [5.41, 5.74) is 0. The molecule has 0 aromatic rings. The summed E-state index contributed by atoms with van der Waals surface area (Å²) < 4.78 is 4.47. The molecule has 1 heterocycles. The Morgan fingerprint density at radius 3 is 2.76 bits per heavy atom. The van der Waals surface area contributed by atoms with E-state index in [-0.39, 0.29) is 42.5 Å². The van der Waals surface area contributed by atoms with Gasteiger partial charge >= 0.3 is 5.97 Å². The van der Waals surface area contributed by atoms with Gasteiger partial charge in [0.1, 0.15) is 10.1 Å². The Balaban J connectivity index is 2.09. The summed E-state index contributed by atoms with van der Waals surface area (Å²) in [6.45, 7) is 1.90. The maximum Gasteiger partial charge on any atom is 0.306 e. The number of hydrogen-bond acceptors (Lipinski definition) is 3. The Kier molecular flexibility index (Phi) is 5.73. The number of cyclic esters (lactones) is 1. The Labute approximate surface area is 136 Å². The topological polar surface area (TPSA) is 43.4 Å². The second-order valence-corrected chi connectivity index (χ2v) is 7.80. The van der Waals surface area contributed by atoms with E-state index in [1.54, 1.807) is 0 Å². The summed E-state index contributed by atoms with van der Waals surface area (Å²) >= 11 is 12.4. The number of hydrogen-bond donors (Lipinski definition) is 0. The summed E-state index contributed by atoms with van der Waals surface area (Å²) in [5.74, 6) is -0.318. The van der Waals surface area contributed by atoms with Crippen LogP contribution >= 0.6 is 23.2 Å². The minimum atomic E-state index is -0.832. The second-order valence-electron chi connectivity index (χ2n) is 6.16. The van der Waals surface area contributed by atoms with E-state index in [1.807, 2.05) is 6.92 Å². The van der Waals surface area contributed by atoms with Crippen LogP contribution in [0.2, 0.25) is 0 Å². The summed E-state index contributed by atoms with van der Waals surface area (Å²) in [5, 5.41) is 0. The Morgan fingerprint density at radius 2 is 2.00 bits per heavy atom. The SMILES string of the molecule is CC1CCC/C=C/C2CC(Cl)(Cl)CC2C(=O)CCC(=O)O1. The Hall–Kier alpha value is -0.540. The largest absolute Gasteiger partial charge is 0.463 e. The van der Waals surface area contributed by atoms with Gasteiger partial charge in [-0.3, -0.25) is 9.59 Å². The molecule has 0 amide bonds. The van der Waals surface area contributed by atoms with Crippen LogP contribution in [-0.4, -0.2) is 22.2 Å². The number of carbonyl (C=O) groups excluding carboxylic acids is 2. The standard InChI is InChI=1S/C16H22Cl2O3/c1-11-5-3-2-4-6-12-9-16(17,18)10-13(12)14(19)7-8-15(20)21-11/h4,6,11-13H,2-3,5,7-10H2,1H3/b6-4+. The van der Waals surface area contributed by atoms with Crippen molar-refractivity contribution in [3.8, 4) is 0 Å². The van der Waals surface area contributed by atoms with Gasteiger partial charge in [0.05, 0.1) is 12.5 Å². The third-order valence-electron chi connectivity index (χ3n) is 4.26. The number of fused-ring (bicyclic) bond motifs is 1. The molecular weight excluding hydrogens is 311 g/mol. The quantitative estimate of drug-likeness (QED) is 0.379. The van der Waals surface area contributed by atoms with Gasteiger partial charge in [-0.2, -0.15) is 0 Å². The molecule has 0 aromatic carbocycles. The molecule has 21 heavy (non-hydrogen) atoms. The maximum atomic E-state index is 12.4. The van der Waals surface area contributed by atoms with Gasteiger partial charge in [0, 0.05) is 12.3 Å². The van der Waals surface area contributed by atoms with Gasteiger partial charge in [0.2, 0.25) is 0 Å². The van der Waals surface area contributed by atoms with Gasteiger partial charge in [0.25, 0.3) is 0 Å². The minimum Gasteiger partial charge on any atom is -0.463 e. The highest BCUT2D eigenvalue weighted by Gasteiger charge is 2.44. The molecule has 0 N–H and O–H groups in total. The number of ketones is 1. The summed E-state index contributed by atoms with van der Waals surface area (Å²) in [6, 6.07) is 0. The van der Waals surface area contributed by atoms with Crippen molar-refractivity contribution in [1.82, 2.24) is 0 Å². The van der Waals surface area contributed by atoms with Gasteiger partial charge in [-0.25, -0.2) is 0 Å². The molecule has 2 rings (SSSR count). The van der Waals surface area contributed by atoms with Crippen LogP contribution in [0.4, 0.5) is 0 Å². The summed E-state index contributed by atoms with van der Waals surface area (Å²) in [7, 11) is 0. The van der Waals surface area contributed by atoms with Gasteiger partial charge in [0.15, 0.2) is 0 Å². The van der Waals surface area contributed by atoms with E-state index < -0.39 is 4.33 Å². The molecule has 5 heteroatoms. The lowest BCUT2D eigenvalue weighted by Gasteiger charge is -2.15. The number of alkyl halides is 2. The van der Waals surface area contributed by atoms with E-state index >= 15 is 0 Å². The fraction of sp³-hybridized carbons (Fsp3) is 0.750. The zero-order valence-electron chi connectivity index (χ0n) is 12.3. The third-order valence-corrected chi connectivity index (χ3v) is 4.87. The molecule has 3 nitrogen and oxygen atoms in total. The van der Waals surface area contributed by atoms with Crippen molar-refractivity contribution in [1.29, 1.82) is 0 Å². The van der Waals surface area contributed by atoms with Crippen molar-refractivity contribution in [2.45, 2.75) is 62.3 Å². The summed E-state index contributed by atoms with van der Waals surface area (Å²) in [4.78, 5) is 24.1. The first-order valence-electron chi connectivity index (χ1n) is 7.64. The lowest BCUT2D eigenvalue weighted by molar-refractivity contribution is -0.149. The van der Waals surface area contributed by atoms with Gasteiger partial charge < -0.3 is 4.74 Å². The monoisotopic (exact) mass is 332 g/mol. The molecule has 1 fully saturated rings. The zero-order valence-corrected chi connectivity index (χ0v) is 13.8. The Morgan fingerprint density at radius 1 is 1.24 bits per heavy atom. The molecule has 0 radical (unpaired) electrons. The van der Waals surface area contributed by atoms with Crippen LogP contribution in [0.5, 0.6) is 0 Å². The first-order chi connectivity index (χ1) is 9.87. The highest BCUT2D eigenvalue weighted by atomic mass is 35.5. The fourth-order valence-corrected chi connectivity index (χ4v) is 3.83. The molecule has 3 unspecified atom stereocenters. The van der Waals surface area contributed by atoms with Crippen LogP contribution < -0.4 is 0 Å². The molecule has 1 aliphatic carbocycles. The third kappa shape index (κ3) is 5.00. The van der Waals surface area contributed by atoms with E-state index in [1.165, 1.54) is 0 Å². The Bertz CT molecular complexity index is 431. The first-order valence-corrected chi connectivity index (χ1v) is 8.40. The molecule has 118 valence electrons. The number of halogens is 2. The number of carbonyl (C=O) groups is 2. The smallest absolute Gasteiger partial charge is 0.306 e. The normalized spacial score (nSPS) is 35.9. The number of Topliss-reactive ketones (excluding diaryl/α,β-unsaturated/α-hetero) is 1.